The molecule has 1 aromatic carbocycles. The number of carbonyl (C=O) groups is 1. The van der Waals surface area contributed by atoms with Crippen LogP contribution in [-0.2, 0) is 14.6 Å². The summed E-state index contributed by atoms with van der Waals surface area (Å²) < 4.78 is 22.9. The van der Waals surface area contributed by atoms with Crippen LogP contribution < -0.4 is 0 Å². The van der Waals surface area contributed by atoms with E-state index in [9.17, 15) is 18.3 Å². The molecule has 0 spiro atoms. The van der Waals surface area contributed by atoms with Gasteiger partial charge in [0, 0.05) is 5.02 Å². The molecule has 1 aromatic rings. The highest BCUT2D eigenvalue weighted by Gasteiger charge is 2.38. The maximum absolute atomic E-state index is 11.5. The largest absolute Gasteiger partial charge is 0.481 e. The first-order valence-corrected chi connectivity index (χ1v) is 7.78. The van der Waals surface area contributed by atoms with Crippen molar-refractivity contribution in [2.45, 2.75) is 12.3 Å². The van der Waals surface area contributed by atoms with E-state index in [4.69, 9.17) is 11.6 Å². The molecule has 6 heteroatoms. The summed E-state index contributed by atoms with van der Waals surface area (Å²) in [5.41, 5.74) is 0.494. The van der Waals surface area contributed by atoms with E-state index in [1.54, 1.807) is 24.3 Å². The maximum atomic E-state index is 11.5. The first kappa shape index (κ1) is 13.4. The van der Waals surface area contributed by atoms with Crippen LogP contribution >= 0.6 is 11.6 Å². The van der Waals surface area contributed by atoms with Crippen molar-refractivity contribution in [2.75, 3.05) is 11.5 Å². The summed E-state index contributed by atoms with van der Waals surface area (Å²) in [6, 6.07) is 6.69. The zero-order chi connectivity index (χ0) is 13.3. The van der Waals surface area contributed by atoms with Crippen molar-refractivity contribution < 1.29 is 18.3 Å². The molecule has 2 unspecified atom stereocenters. The van der Waals surface area contributed by atoms with E-state index in [0.29, 0.717) is 17.0 Å². The Kier molecular flexibility index (Phi) is 3.64. The minimum Gasteiger partial charge on any atom is -0.481 e. The van der Waals surface area contributed by atoms with Crippen LogP contribution in [0.5, 0.6) is 0 Å². The Hall–Kier alpha value is -1.07. The van der Waals surface area contributed by atoms with E-state index in [1.807, 2.05) is 0 Å². The fraction of sp³-hybridized carbons (Fsp3) is 0.417. The van der Waals surface area contributed by atoms with Crippen molar-refractivity contribution >= 4 is 27.4 Å². The van der Waals surface area contributed by atoms with Crippen LogP contribution in [0.3, 0.4) is 0 Å². The predicted octanol–water partition coefficient (Wildman–Crippen LogP) is 1.94. The number of carboxylic acid groups (broad SMARTS) is 1. The molecule has 1 aliphatic heterocycles. The Morgan fingerprint density at radius 1 is 1.39 bits per heavy atom. The van der Waals surface area contributed by atoms with Crippen LogP contribution in [0.2, 0.25) is 5.02 Å². The molecule has 0 saturated carbocycles. The number of hydrogen-bond donors (Lipinski definition) is 1. The Morgan fingerprint density at radius 3 is 2.56 bits per heavy atom. The van der Waals surface area contributed by atoms with Gasteiger partial charge in [-0.25, -0.2) is 8.42 Å². The molecule has 0 aliphatic carbocycles. The van der Waals surface area contributed by atoms with Crippen LogP contribution in [-0.4, -0.2) is 31.0 Å². The third kappa shape index (κ3) is 2.67. The highest BCUT2D eigenvalue weighted by molar-refractivity contribution is 7.91. The summed E-state index contributed by atoms with van der Waals surface area (Å²) in [5.74, 6) is -2.28. The molecular weight excluding hydrogens is 276 g/mol. The number of aliphatic carboxylic acids is 1. The van der Waals surface area contributed by atoms with E-state index in [2.05, 4.69) is 0 Å². The molecule has 2 rings (SSSR count). The van der Waals surface area contributed by atoms with E-state index in [1.165, 1.54) is 0 Å². The highest BCUT2D eigenvalue weighted by Crippen LogP contribution is 2.36. The first-order valence-electron chi connectivity index (χ1n) is 5.58. The fourth-order valence-corrected chi connectivity index (χ4v) is 4.50. The van der Waals surface area contributed by atoms with Crippen LogP contribution in [0.25, 0.3) is 0 Å². The third-order valence-corrected chi connectivity index (χ3v) is 5.38. The number of benzene rings is 1. The predicted molar refractivity (Wildman–Crippen MR) is 68.6 cm³/mol. The van der Waals surface area contributed by atoms with Crippen molar-refractivity contribution in [3.63, 3.8) is 0 Å². The molecule has 4 nitrogen and oxygen atoms in total. The second-order valence-corrected chi connectivity index (χ2v) is 7.14. The van der Waals surface area contributed by atoms with Gasteiger partial charge in [0.25, 0.3) is 0 Å². The topological polar surface area (TPSA) is 71.4 Å². The molecule has 0 aromatic heterocycles. The SMILES string of the molecule is O=C(O)C(c1ccccc1Cl)C1CCS(=O)(=O)C1. The van der Waals surface area contributed by atoms with Crippen LogP contribution in [0.4, 0.5) is 0 Å². The van der Waals surface area contributed by atoms with Crippen molar-refractivity contribution in [1.82, 2.24) is 0 Å². The molecule has 2 atom stereocenters. The molecule has 0 radical (unpaired) electrons. The lowest BCUT2D eigenvalue weighted by Crippen LogP contribution is -2.23. The normalized spacial score (nSPS) is 23.7. The monoisotopic (exact) mass is 288 g/mol. The van der Waals surface area contributed by atoms with Crippen molar-refractivity contribution in [3.05, 3.63) is 34.9 Å². The molecule has 1 fully saturated rings. The van der Waals surface area contributed by atoms with Gasteiger partial charge in [0.05, 0.1) is 17.4 Å². The van der Waals surface area contributed by atoms with Gasteiger partial charge in [0.1, 0.15) is 0 Å². The second kappa shape index (κ2) is 4.90. The molecular formula is C12H13ClO4S. The summed E-state index contributed by atoms with van der Waals surface area (Å²) in [5, 5.41) is 9.70. The van der Waals surface area contributed by atoms with Gasteiger partial charge < -0.3 is 5.11 Å². The van der Waals surface area contributed by atoms with Crippen LogP contribution in [0.1, 0.15) is 17.9 Å². The Bertz CT molecular complexity index is 567. The summed E-state index contributed by atoms with van der Waals surface area (Å²) >= 11 is 6.00. The van der Waals surface area contributed by atoms with Crippen molar-refractivity contribution in [2.24, 2.45) is 5.92 Å². The van der Waals surface area contributed by atoms with Gasteiger partial charge >= 0.3 is 5.97 Å². The Labute approximate surface area is 110 Å². The summed E-state index contributed by atoms with van der Waals surface area (Å²) in [6.45, 7) is 0. The Morgan fingerprint density at radius 2 is 2.06 bits per heavy atom. The zero-order valence-corrected chi connectivity index (χ0v) is 11.1. The van der Waals surface area contributed by atoms with E-state index in [-0.39, 0.29) is 11.5 Å². The minimum absolute atomic E-state index is 0.0614. The standard InChI is InChI=1S/C12H13ClO4S/c13-10-4-2-1-3-9(10)11(12(14)15)8-5-6-18(16,17)7-8/h1-4,8,11H,5-7H2,(H,14,15). The number of sulfone groups is 1. The molecule has 1 saturated heterocycles. The van der Waals surface area contributed by atoms with Gasteiger partial charge in [0.2, 0.25) is 0 Å². The summed E-state index contributed by atoms with van der Waals surface area (Å²) in [4.78, 5) is 11.4. The second-order valence-electron chi connectivity index (χ2n) is 4.50. The molecule has 1 heterocycles. The van der Waals surface area contributed by atoms with E-state index in [0.717, 1.165) is 0 Å². The smallest absolute Gasteiger partial charge is 0.311 e. The lowest BCUT2D eigenvalue weighted by molar-refractivity contribution is -0.140. The molecule has 1 N–H and O–H groups in total. The lowest BCUT2D eigenvalue weighted by Gasteiger charge is -2.19. The molecule has 0 amide bonds. The number of halogens is 1. The average molecular weight is 289 g/mol. The molecule has 98 valence electrons. The maximum Gasteiger partial charge on any atom is 0.311 e. The quantitative estimate of drug-likeness (QED) is 0.923. The third-order valence-electron chi connectivity index (χ3n) is 3.25. The summed E-state index contributed by atoms with van der Waals surface area (Å²) in [6.07, 6.45) is 0.379. The molecule has 1 aliphatic rings. The summed E-state index contributed by atoms with van der Waals surface area (Å²) in [7, 11) is -3.10. The lowest BCUT2D eigenvalue weighted by atomic mass is 9.85. The number of rotatable bonds is 3. The number of carboxylic acids is 1. The molecule has 18 heavy (non-hydrogen) atoms. The van der Waals surface area contributed by atoms with Gasteiger partial charge in [-0.05, 0) is 24.0 Å². The first-order chi connectivity index (χ1) is 8.41. The fourth-order valence-electron chi connectivity index (χ4n) is 2.40. The van der Waals surface area contributed by atoms with Gasteiger partial charge in [-0.1, -0.05) is 29.8 Å². The van der Waals surface area contributed by atoms with Crippen molar-refractivity contribution in [3.8, 4) is 0 Å². The van der Waals surface area contributed by atoms with Gasteiger partial charge in [0.15, 0.2) is 9.84 Å². The van der Waals surface area contributed by atoms with Gasteiger partial charge in [-0.3, -0.25) is 4.79 Å². The average Bonchev–Trinajstić information content (AvgIpc) is 2.61. The Balaban J connectivity index is 2.36. The molecule has 0 bridgehead atoms. The zero-order valence-electron chi connectivity index (χ0n) is 9.54. The highest BCUT2D eigenvalue weighted by atomic mass is 35.5. The van der Waals surface area contributed by atoms with Crippen LogP contribution in [0.15, 0.2) is 24.3 Å². The number of hydrogen-bond acceptors (Lipinski definition) is 3. The van der Waals surface area contributed by atoms with Gasteiger partial charge in [-0.15, -0.1) is 0 Å². The van der Waals surface area contributed by atoms with E-state index >= 15 is 0 Å². The van der Waals surface area contributed by atoms with Crippen LogP contribution in [0, 0.1) is 5.92 Å². The van der Waals surface area contributed by atoms with Gasteiger partial charge in [-0.2, -0.15) is 0 Å². The van der Waals surface area contributed by atoms with Crippen molar-refractivity contribution in [1.29, 1.82) is 0 Å². The minimum atomic E-state index is -3.10. The van der Waals surface area contributed by atoms with E-state index < -0.39 is 27.6 Å².